The lowest BCUT2D eigenvalue weighted by Crippen LogP contribution is -2.14. The minimum Gasteiger partial charge on any atom is -0.497 e. The molecule has 0 fully saturated rings. The second-order valence-electron chi connectivity index (χ2n) is 4.73. The van der Waals surface area contributed by atoms with E-state index in [1.807, 2.05) is 18.2 Å². The fraction of sp³-hybridized carbons (Fsp3) is 0.133. The standard InChI is InChI=1S/C15H13N5O2/c1-9-6-13(21)20-15(17-9)12(8-16)14(19-20)18-10-4-3-5-11(7-10)22-2/h3-7,18-19H,1-2H3. The lowest BCUT2D eigenvalue weighted by Gasteiger charge is -2.06. The van der Waals surface area contributed by atoms with Crippen LogP contribution in [0.25, 0.3) is 5.65 Å². The number of hydrogen-bond donors (Lipinski definition) is 2. The van der Waals surface area contributed by atoms with Crippen LogP contribution >= 0.6 is 0 Å². The van der Waals surface area contributed by atoms with Crippen LogP contribution in [0.4, 0.5) is 11.5 Å². The maximum absolute atomic E-state index is 12.0. The van der Waals surface area contributed by atoms with Crippen LogP contribution in [0.1, 0.15) is 11.3 Å². The SMILES string of the molecule is COc1cccc(Nc2[nH]n3c(=O)cc(C)nc3c2C#N)c1. The molecule has 7 nitrogen and oxygen atoms in total. The second kappa shape index (κ2) is 5.26. The number of nitrogens with one attached hydrogen (secondary N) is 2. The number of nitrogens with zero attached hydrogens (tertiary/aromatic N) is 3. The molecule has 0 saturated heterocycles. The molecule has 0 aliphatic carbocycles. The zero-order chi connectivity index (χ0) is 15.7. The van der Waals surface area contributed by atoms with Gasteiger partial charge < -0.3 is 10.1 Å². The Morgan fingerprint density at radius 2 is 2.23 bits per heavy atom. The number of hydrogen-bond acceptors (Lipinski definition) is 5. The van der Waals surface area contributed by atoms with Crippen molar-refractivity contribution in [2.45, 2.75) is 6.92 Å². The highest BCUT2D eigenvalue weighted by Crippen LogP contribution is 2.24. The minimum absolute atomic E-state index is 0.266. The molecule has 2 aromatic heterocycles. The van der Waals surface area contributed by atoms with E-state index in [1.165, 1.54) is 10.6 Å². The van der Waals surface area contributed by atoms with Crippen molar-refractivity contribution in [1.82, 2.24) is 14.6 Å². The summed E-state index contributed by atoms with van der Waals surface area (Å²) in [5, 5.41) is 15.3. The first-order valence-corrected chi connectivity index (χ1v) is 6.56. The van der Waals surface area contributed by atoms with Crippen molar-refractivity contribution in [3.8, 4) is 11.8 Å². The van der Waals surface area contributed by atoms with Gasteiger partial charge in [0.1, 0.15) is 23.2 Å². The molecule has 2 heterocycles. The lowest BCUT2D eigenvalue weighted by atomic mass is 10.2. The number of aromatic nitrogens is 3. The van der Waals surface area contributed by atoms with Crippen molar-refractivity contribution in [2.24, 2.45) is 0 Å². The van der Waals surface area contributed by atoms with Crippen LogP contribution in [0.15, 0.2) is 35.1 Å². The molecule has 3 aromatic rings. The Balaban J connectivity index is 2.13. The first-order valence-electron chi connectivity index (χ1n) is 6.56. The Bertz CT molecular complexity index is 949. The molecular formula is C15H13N5O2. The third kappa shape index (κ3) is 2.27. The van der Waals surface area contributed by atoms with E-state index in [-0.39, 0.29) is 11.1 Å². The molecule has 110 valence electrons. The predicted molar refractivity (Wildman–Crippen MR) is 81.5 cm³/mol. The first-order chi connectivity index (χ1) is 10.6. The third-order valence-electron chi connectivity index (χ3n) is 3.19. The number of aromatic amines is 1. The Morgan fingerprint density at radius 1 is 1.41 bits per heavy atom. The zero-order valence-electron chi connectivity index (χ0n) is 12.0. The maximum atomic E-state index is 12.0. The van der Waals surface area contributed by atoms with Crippen LogP contribution in [-0.4, -0.2) is 21.7 Å². The van der Waals surface area contributed by atoms with Crippen molar-refractivity contribution in [3.63, 3.8) is 0 Å². The summed E-state index contributed by atoms with van der Waals surface area (Å²) in [7, 11) is 1.58. The molecule has 0 spiro atoms. The van der Waals surface area contributed by atoms with Crippen LogP contribution in [0.2, 0.25) is 0 Å². The average Bonchev–Trinajstić information content (AvgIpc) is 2.85. The summed E-state index contributed by atoms with van der Waals surface area (Å²) in [4.78, 5) is 16.2. The van der Waals surface area contributed by atoms with Crippen LogP contribution in [0, 0.1) is 18.3 Å². The van der Waals surface area contributed by atoms with E-state index in [2.05, 4.69) is 21.5 Å². The van der Waals surface area contributed by atoms with Gasteiger partial charge in [0.2, 0.25) is 0 Å². The topological polar surface area (TPSA) is 95.2 Å². The van der Waals surface area contributed by atoms with Gasteiger partial charge in [-0.3, -0.25) is 9.89 Å². The summed E-state index contributed by atoms with van der Waals surface area (Å²) >= 11 is 0. The normalized spacial score (nSPS) is 10.4. The van der Waals surface area contributed by atoms with Gasteiger partial charge in [-0.25, -0.2) is 4.98 Å². The number of H-pyrrole nitrogens is 1. The van der Waals surface area contributed by atoms with Crippen LogP contribution < -0.4 is 15.6 Å². The molecule has 1 aromatic carbocycles. The number of aryl methyl sites for hydroxylation is 1. The van der Waals surface area contributed by atoms with E-state index in [1.54, 1.807) is 20.1 Å². The highest BCUT2D eigenvalue weighted by molar-refractivity contribution is 5.72. The number of benzene rings is 1. The number of rotatable bonds is 3. The molecule has 0 saturated carbocycles. The van der Waals surface area contributed by atoms with E-state index in [0.29, 0.717) is 22.9 Å². The zero-order valence-corrected chi connectivity index (χ0v) is 12.0. The third-order valence-corrected chi connectivity index (χ3v) is 3.19. The van der Waals surface area contributed by atoms with Crippen molar-refractivity contribution in [2.75, 3.05) is 12.4 Å². The van der Waals surface area contributed by atoms with E-state index in [4.69, 9.17) is 4.74 Å². The predicted octanol–water partition coefficient (Wildman–Crippen LogP) is 1.95. The van der Waals surface area contributed by atoms with Gasteiger partial charge in [0.05, 0.1) is 7.11 Å². The van der Waals surface area contributed by atoms with Crippen molar-refractivity contribution in [3.05, 3.63) is 51.9 Å². The van der Waals surface area contributed by atoms with Gasteiger partial charge in [0.15, 0.2) is 5.65 Å². The van der Waals surface area contributed by atoms with Crippen molar-refractivity contribution >= 4 is 17.2 Å². The molecule has 3 rings (SSSR count). The number of methoxy groups -OCH3 is 1. The van der Waals surface area contributed by atoms with Crippen LogP contribution in [-0.2, 0) is 0 Å². The molecule has 0 atom stereocenters. The molecule has 0 unspecified atom stereocenters. The van der Waals surface area contributed by atoms with E-state index in [0.717, 1.165) is 5.69 Å². The summed E-state index contributed by atoms with van der Waals surface area (Å²) in [5.41, 5.74) is 1.61. The van der Waals surface area contributed by atoms with Crippen LogP contribution in [0.3, 0.4) is 0 Å². The summed E-state index contributed by atoms with van der Waals surface area (Å²) < 4.78 is 6.40. The largest absolute Gasteiger partial charge is 0.497 e. The Hall–Kier alpha value is -3.27. The van der Waals surface area contributed by atoms with Gasteiger partial charge in [-0.2, -0.15) is 9.78 Å². The van der Waals surface area contributed by atoms with Gasteiger partial charge in [0, 0.05) is 23.5 Å². The second-order valence-corrected chi connectivity index (χ2v) is 4.73. The number of ether oxygens (including phenoxy) is 1. The first kappa shape index (κ1) is 13.7. The molecule has 0 aliphatic rings. The monoisotopic (exact) mass is 295 g/mol. The van der Waals surface area contributed by atoms with Crippen LogP contribution in [0.5, 0.6) is 5.75 Å². The summed E-state index contributed by atoms with van der Waals surface area (Å²) in [6.07, 6.45) is 0. The highest BCUT2D eigenvalue weighted by atomic mass is 16.5. The smallest absolute Gasteiger partial charge is 0.272 e. The lowest BCUT2D eigenvalue weighted by molar-refractivity contribution is 0.415. The quantitative estimate of drug-likeness (QED) is 0.770. The minimum atomic E-state index is -0.266. The fourth-order valence-corrected chi connectivity index (χ4v) is 2.19. The number of fused-ring (bicyclic) bond motifs is 1. The summed E-state index contributed by atoms with van der Waals surface area (Å²) in [6.45, 7) is 1.71. The Labute approximate surface area is 125 Å². The average molecular weight is 295 g/mol. The van der Waals surface area contributed by atoms with Gasteiger partial charge >= 0.3 is 0 Å². The van der Waals surface area contributed by atoms with Gasteiger partial charge in [0.25, 0.3) is 5.56 Å². The Morgan fingerprint density at radius 3 is 2.95 bits per heavy atom. The van der Waals surface area contributed by atoms with Crippen molar-refractivity contribution in [1.29, 1.82) is 5.26 Å². The van der Waals surface area contributed by atoms with E-state index in [9.17, 15) is 10.1 Å². The molecular weight excluding hydrogens is 282 g/mol. The van der Waals surface area contributed by atoms with Crippen molar-refractivity contribution < 1.29 is 4.74 Å². The number of nitriles is 1. The Kier molecular flexibility index (Phi) is 3.27. The van der Waals surface area contributed by atoms with E-state index >= 15 is 0 Å². The molecule has 22 heavy (non-hydrogen) atoms. The fourth-order valence-electron chi connectivity index (χ4n) is 2.19. The number of anilines is 2. The van der Waals surface area contributed by atoms with Gasteiger partial charge in [-0.05, 0) is 19.1 Å². The van der Waals surface area contributed by atoms with Gasteiger partial charge in [-0.1, -0.05) is 6.07 Å². The molecule has 2 N–H and O–H groups in total. The molecule has 7 heteroatoms. The molecule has 0 radical (unpaired) electrons. The summed E-state index contributed by atoms with van der Waals surface area (Å²) in [6, 6.07) is 10.7. The van der Waals surface area contributed by atoms with E-state index < -0.39 is 0 Å². The molecule has 0 bridgehead atoms. The van der Waals surface area contributed by atoms with Gasteiger partial charge in [-0.15, -0.1) is 0 Å². The molecule has 0 amide bonds. The maximum Gasteiger partial charge on any atom is 0.272 e. The highest BCUT2D eigenvalue weighted by Gasteiger charge is 2.14. The molecule has 0 aliphatic heterocycles. The summed E-state index contributed by atoms with van der Waals surface area (Å²) in [5.74, 6) is 1.09.